The zero-order chi connectivity index (χ0) is 10.4. The van der Waals surface area contributed by atoms with Gasteiger partial charge in [0.25, 0.3) is 0 Å². The predicted molar refractivity (Wildman–Crippen MR) is 62.2 cm³/mol. The molecular formula is C12H13ClN2. The summed E-state index contributed by atoms with van der Waals surface area (Å²) in [6.45, 7) is 3.10. The van der Waals surface area contributed by atoms with E-state index in [1.165, 1.54) is 23.7 Å². The molecule has 0 unspecified atom stereocenters. The minimum atomic E-state index is 0.791. The molecule has 0 N–H and O–H groups in total. The second-order valence-corrected chi connectivity index (χ2v) is 4.81. The van der Waals surface area contributed by atoms with E-state index in [-0.39, 0.29) is 0 Å². The molecule has 1 aromatic heterocycles. The zero-order valence-corrected chi connectivity index (χ0v) is 9.46. The van der Waals surface area contributed by atoms with Crippen molar-refractivity contribution in [1.29, 1.82) is 0 Å². The molecule has 0 amide bonds. The molecule has 1 fully saturated rings. The molecule has 0 bridgehead atoms. The normalized spacial score (nSPS) is 16.1. The fraction of sp³-hybridized carbons (Fsp3) is 0.417. The van der Waals surface area contributed by atoms with Gasteiger partial charge in [-0.2, -0.15) is 5.10 Å². The molecule has 0 aliphatic heterocycles. The van der Waals surface area contributed by atoms with E-state index in [4.69, 9.17) is 11.6 Å². The number of nitrogens with zero attached hydrogens (tertiary/aromatic N) is 2. The first-order chi connectivity index (χ1) is 7.24. The van der Waals surface area contributed by atoms with Crippen LogP contribution in [0.15, 0.2) is 18.2 Å². The first kappa shape index (κ1) is 9.22. The van der Waals surface area contributed by atoms with Gasteiger partial charge < -0.3 is 0 Å². The molecule has 1 aliphatic rings. The Kier molecular flexibility index (Phi) is 1.99. The van der Waals surface area contributed by atoms with Crippen molar-refractivity contribution < 1.29 is 0 Å². The standard InChI is InChI=1S/C12H13ClN2/c1-8-11-5-4-10(13)6-12(11)15(14-8)7-9-2-3-9/h4-6,9H,2-3,7H2,1H3. The van der Waals surface area contributed by atoms with Crippen LogP contribution in [0.3, 0.4) is 0 Å². The number of benzene rings is 1. The molecule has 3 rings (SSSR count). The van der Waals surface area contributed by atoms with E-state index >= 15 is 0 Å². The highest BCUT2D eigenvalue weighted by Crippen LogP contribution is 2.32. The van der Waals surface area contributed by atoms with Crippen LogP contribution in [0.5, 0.6) is 0 Å². The first-order valence-corrected chi connectivity index (χ1v) is 5.74. The first-order valence-electron chi connectivity index (χ1n) is 5.37. The summed E-state index contributed by atoms with van der Waals surface area (Å²) >= 11 is 6.01. The molecule has 1 aliphatic carbocycles. The number of aryl methyl sites for hydroxylation is 1. The maximum atomic E-state index is 6.01. The summed E-state index contributed by atoms with van der Waals surface area (Å²) in [5.41, 5.74) is 2.27. The minimum Gasteiger partial charge on any atom is -0.264 e. The van der Waals surface area contributed by atoms with Gasteiger partial charge in [0.2, 0.25) is 0 Å². The Labute approximate surface area is 93.8 Å². The van der Waals surface area contributed by atoms with Crippen LogP contribution in [0, 0.1) is 12.8 Å². The van der Waals surface area contributed by atoms with Crippen molar-refractivity contribution in [3.05, 3.63) is 28.9 Å². The topological polar surface area (TPSA) is 17.8 Å². The third kappa shape index (κ3) is 1.63. The van der Waals surface area contributed by atoms with E-state index in [1.54, 1.807) is 0 Å². The van der Waals surface area contributed by atoms with Crippen LogP contribution in [0.2, 0.25) is 5.02 Å². The van der Waals surface area contributed by atoms with Crippen molar-refractivity contribution in [2.45, 2.75) is 26.3 Å². The van der Waals surface area contributed by atoms with Gasteiger partial charge in [-0.15, -0.1) is 0 Å². The Bertz CT molecular complexity index is 512. The van der Waals surface area contributed by atoms with E-state index in [2.05, 4.69) is 22.8 Å². The maximum absolute atomic E-state index is 6.01. The van der Waals surface area contributed by atoms with Crippen LogP contribution in [0.1, 0.15) is 18.5 Å². The van der Waals surface area contributed by atoms with Crippen molar-refractivity contribution in [2.75, 3.05) is 0 Å². The second kappa shape index (κ2) is 3.24. The molecule has 78 valence electrons. The van der Waals surface area contributed by atoms with Crippen LogP contribution < -0.4 is 0 Å². The third-order valence-corrected chi connectivity index (χ3v) is 3.26. The van der Waals surface area contributed by atoms with Crippen molar-refractivity contribution in [3.8, 4) is 0 Å². The molecule has 1 heterocycles. The largest absolute Gasteiger partial charge is 0.264 e. The molecule has 15 heavy (non-hydrogen) atoms. The van der Waals surface area contributed by atoms with E-state index in [0.717, 1.165) is 23.2 Å². The average molecular weight is 221 g/mol. The van der Waals surface area contributed by atoms with Crippen LogP contribution in [-0.2, 0) is 6.54 Å². The summed E-state index contributed by atoms with van der Waals surface area (Å²) in [5, 5.41) is 6.58. The Balaban J connectivity index is 2.14. The van der Waals surface area contributed by atoms with E-state index < -0.39 is 0 Å². The summed E-state index contributed by atoms with van der Waals surface area (Å²) in [7, 11) is 0. The fourth-order valence-corrected chi connectivity index (χ4v) is 2.16. The number of hydrogen-bond acceptors (Lipinski definition) is 1. The molecule has 3 heteroatoms. The molecular weight excluding hydrogens is 208 g/mol. The number of rotatable bonds is 2. The molecule has 0 spiro atoms. The lowest BCUT2D eigenvalue weighted by Gasteiger charge is -2.01. The monoisotopic (exact) mass is 220 g/mol. The maximum Gasteiger partial charge on any atom is 0.0700 e. The molecule has 0 atom stereocenters. The van der Waals surface area contributed by atoms with Crippen LogP contribution in [0.25, 0.3) is 10.9 Å². The highest BCUT2D eigenvalue weighted by atomic mass is 35.5. The molecule has 1 saturated carbocycles. The summed E-state index contributed by atoms with van der Waals surface area (Å²) in [6.07, 6.45) is 2.70. The van der Waals surface area contributed by atoms with Gasteiger partial charge in [-0.05, 0) is 43.9 Å². The summed E-state index contributed by atoms with van der Waals surface area (Å²) in [6, 6.07) is 6.00. The molecule has 0 saturated heterocycles. The van der Waals surface area contributed by atoms with E-state index in [9.17, 15) is 0 Å². The number of hydrogen-bond donors (Lipinski definition) is 0. The quantitative estimate of drug-likeness (QED) is 0.759. The lowest BCUT2D eigenvalue weighted by molar-refractivity contribution is 0.576. The van der Waals surface area contributed by atoms with Crippen molar-refractivity contribution in [2.24, 2.45) is 5.92 Å². The highest BCUT2D eigenvalue weighted by Gasteiger charge is 2.23. The smallest absolute Gasteiger partial charge is 0.0700 e. The van der Waals surface area contributed by atoms with Crippen LogP contribution in [0.4, 0.5) is 0 Å². The predicted octanol–water partition coefficient (Wildman–Crippen LogP) is 3.41. The van der Waals surface area contributed by atoms with Gasteiger partial charge in [-0.3, -0.25) is 4.68 Å². The molecule has 0 radical (unpaired) electrons. The summed E-state index contributed by atoms with van der Waals surface area (Å²) in [4.78, 5) is 0. The minimum absolute atomic E-state index is 0.791. The van der Waals surface area contributed by atoms with Gasteiger partial charge in [-0.1, -0.05) is 11.6 Å². The zero-order valence-electron chi connectivity index (χ0n) is 8.70. The van der Waals surface area contributed by atoms with Crippen molar-refractivity contribution in [3.63, 3.8) is 0 Å². The Morgan fingerprint density at radius 2 is 2.27 bits per heavy atom. The summed E-state index contributed by atoms with van der Waals surface area (Å²) in [5.74, 6) is 0.839. The van der Waals surface area contributed by atoms with Gasteiger partial charge in [0.1, 0.15) is 0 Å². The third-order valence-electron chi connectivity index (χ3n) is 3.03. The van der Waals surface area contributed by atoms with E-state index in [0.29, 0.717) is 0 Å². The molecule has 2 aromatic rings. The van der Waals surface area contributed by atoms with Gasteiger partial charge >= 0.3 is 0 Å². The van der Waals surface area contributed by atoms with Gasteiger partial charge in [-0.25, -0.2) is 0 Å². The summed E-state index contributed by atoms with van der Waals surface area (Å²) < 4.78 is 2.11. The van der Waals surface area contributed by atoms with E-state index in [1.807, 2.05) is 12.1 Å². The molecule has 2 nitrogen and oxygen atoms in total. The fourth-order valence-electron chi connectivity index (χ4n) is 2.00. The van der Waals surface area contributed by atoms with Gasteiger partial charge in [0.05, 0.1) is 11.2 Å². The Hall–Kier alpha value is -1.02. The van der Waals surface area contributed by atoms with Crippen molar-refractivity contribution in [1.82, 2.24) is 9.78 Å². The second-order valence-electron chi connectivity index (χ2n) is 4.37. The number of fused-ring (bicyclic) bond motifs is 1. The SMILES string of the molecule is Cc1nn(CC2CC2)c2cc(Cl)ccc12. The van der Waals surface area contributed by atoms with Crippen molar-refractivity contribution >= 4 is 22.5 Å². The molecule has 1 aromatic carbocycles. The Morgan fingerprint density at radius 3 is 3.00 bits per heavy atom. The number of aromatic nitrogens is 2. The van der Waals surface area contributed by atoms with Gasteiger partial charge in [0.15, 0.2) is 0 Å². The highest BCUT2D eigenvalue weighted by molar-refractivity contribution is 6.31. The lowest BCUT2D eigenvalue weighted by atomic mass is 10.2. The van der Waals surface area contributed by atoms with Crippen LogP contribution >= 0.6 is 11.6 Å². The number of halogens is 1. The Morgan fingerprint density at radius 1 is 1.47 bits per heavy atom. The van der Waals surface area contributed by atoms with Gasteiger partial charge in [0, 0.05) is 17.0 Å². The lowest BCUT2D eigenvalue weighted by Crippen LogP contribution is -2.01. The van der Waals surface area contributed by atoms with Crippen LogP contribution in [-0.4, -0.2) is 9.78 Å². The average Bonchev–Trinajstić information content (AvgIpc) is 2.95.